The average Bonchev–Trinajstić information content (AvgIpc) is 2.07. The second-order valence-electron chi connectivity index (χ2n) is 1.97. The smallest absolute Gasteiger partial charge is 0.0801 e. The van der Waals surface area contributed by atoms with Crippen molar-refractivity contribution in [3.05, 3.63) is 30.3 Å². The molecule has 0 saturated heterocycles. The maximum absolute atomic E-state index is 8.35. The molecular formula is C8H10N2O. The van der Waals surface area contributed by atoms with Gasteiger partial charge in [-0.3, -0.25) is 5.43 Å². The molecule has 0 aliphatic rings. The number of hydrogen-bond acceptors (Lipinski definition) is 3. The zero-order valence-electron chi connectivity index (χ0n) is 6.07. The third kappa shape index (κ3) is 2.82. The fraction of sp³-hybridized carbons (Fsp3) is 0.125. The standard InChI is InChI=1S/C8H10N2O/c11-7-6-9-10-8-4-2-1-3-5-8/h1-6,10-11H,7H2/b9-6+. The molecule has 0 aliphatic heterocycles. The van der Waals surface area contributed by atoms with E-state index in [0.29, 0.717) is 0 Å². The predicted octanol–water partition coefficient (Wildman–Crippen LogP) is 1.08. The quantitative estimate of drug-likeness (QED) is 0.500. The summed E-state index contributed by atoms with van der Waals surface area (Å²) in [5.41, 5.74) is 3.67. The Kier molecular flexibility index (Phi) is 3.15. The second-order valence-corrected chi connectivity index (χ2v) is 1.97. The van der Waals surface area contributed by atoms with Crippen LogP contribution in [0.1, 0.15) is 0 Å². The van der Waals surface area contributed by atoms with Crippen LogP contribution in [0.3, 0.4) is 0 Å². The Morgan fingerprint density at radius 1 is 1.36 bits per heavy atom. The minimum absolute atomic E-state index is 0.0418. The van der Waals surface area contributed by atoms with E-state index in [1.54, 1.807) is 0 Å². The Morgan fingerprint density at radius 2 is 2.09 bits per heavy atom. The van der Waals surface area contributed by atoms with Gasteiger partial charge in [-0.15, -0.1) is 0 Å². The van der Waals surface area contributed by atoms with Crippen molar-refractivity contribution >= 4 is 11.9 Å². The fourth-order valence-electron chi connectivity index (χ4n) is 0.674. The first kappa shape index (κ1) is 7.75. The summed E-state index contributed by atoms with van der Waals surface area (Å²) < 4.78 is 0. The Bertz CT molecular complexity index is 221. The van der Waals surface area contributed by atoms with Gasteiger partial charge in [-0.25, -0.2) is 0 Å². The van der Waals surface area contributed by atoms with E-state index < -0.39 is 0 Å². The number of hydrazone groups is 1. The molecule has 1 rings (SSSR count). The summed E-state index contributed by atoms with van der Waals surface area (Å²) in [6.07, 6.45) is 1.40. The highest BCUT2D eigenvalue weighted by Crippen LogP contribution is 2.03. The molecule has 2 N–H and O–H groups in total. The first-order valence-electron chi connectivity index (χ1n) is 3.37. The number of anilines is 1. The number of nitrogens with one attached hydrogen (secondary N) is 1. The predicted molar refractivity (Wildman–Crippen MR) is 45.6 cm³/mol. The van der Waals surface area contributed by atoms with Gasteiger partial charge in [0, 0.05) is 0 Å². The molecular weight excluding hydrogens is 140 g/mol. The van der Waals surface area contributed by atoms with Gasteiger partial charge >= 0.3 is 0 Å². The highest BCUT2D eigenvalue weighted by Gasteiger charge is 1.82. The van der Waals surface area contributed by atoms with Crippen LogP contribution >= 0.6 is 0 Å². The molecule has 0 saturated carbocycles. The van der Waals surface area contributed by atoms with Crippen molar-refractivity contribution in [3.8, 4) is 0 Å². The summed E-state index contributed by atoms with van der Waals surface area (Å²) in [5.74, 6) is 0. The number of aliphatic hydroxyl groups excluding tert-OH is 1. The molecule has 0 heterocycles. The van der Waals surface area contributed by atoms with Gasteiger partial charge in [0.1, 0.15) is 0 Å². The summed E-state index contributed by atoms with van der Waals surface area (Å²) in [4.78, 5) is 0. The summed E-state index contributed by atoms with van der Waals surface area (Å²) in [5, 5.41) is 12.1. The summed E-state index contributed by atoms with van der Waals surface area (Å²) >= 11 is 0. The van der Waals surface area contributed by atoms with Gasteiger partial charge < -0.3 is 5.11 Å². The number of para-hydroxylation sites is 1. The van der Waals surface area contributed by atoms with Crippen molar-refractivity contribution in [3.63, 3.8) is 0 Å². The molecule has 0 fully saturated rings. The monoisotopic (exact) mass is 150 g/mol. The molecule has 0 amide bonds. The van der Waals surface area contributed by atoms with E-state index in [0.717, 1.165) is 5.69 Å². The van der Waals surface area contributed by atoms with Crippen LogP contribution in [-0.4, -0.2) is 17.9 Å². The molecule has 0 aromatic heterocycles. The van der Waals surface area contributed by atoms with Crippen molar-refractivity contribution < 1.29 is 5.11 Å². The van der Waals surface area contributed by atoms with E-state index in [1.807, 2.05) is 30.3 Å². The number of rotatable bonds is 3. The molecule has 58 valence electrons. The lowest BCUT2D eigenvalue weighted by molar-refractivity contribution is 0.361. The highest BCUT2D eigenvalue weighted by molar-refractivity contribution is 5.60. The Labute approximate surface area is 65.4 Å². The molecule has 3 heteroatoms. The lowest BCUT2D eigenvalue weighted by atomic mass is 10.3. The Hall–Kier alpha value is -1.35. The lowest BCUT2D eigenvalue weighted by Crippen LogP contribution is -1.90. The number of benzene rings is 1. The van der Waals surface area contributed by atoms with Crippen molar-refractivity contribution in [2.75, 3.05) is 12.0 Å². The zero-order chi connectivity index (χ0) is 7.94. The van der Waals surface area contributed by atoms with Gasteiger partial charge in [-0.1, -0.05) is 18.2 Å². The highest BCUT2D eigenvalue weighted by atomic mass is 16.3. The molecule has 0 bridgehead atoms. The SMILES string of the molecule is OC/C=N/Nc1ccccc1. The molecule has 1 aromatic carbocycles. The first-order valence-corrected chi connectivity index (χ1v) is 3.37. The fourth-order valence-corrected chi connectivity index (χ4v) is 0.674. The lowest BCUT2D eigenvalue weighted by Gasteiger charge is -1.96. The Morgan fingerprint density at radius 3 is 2.73 bits per heavy atom. The molecule has 0 atom stereocenters. The minimum atomic E-state index is -0.0418. The van der Waals surface area contributed by atoms with Crippen molar-refractivity contribution in [2.24, 2.45) is 5.10 Å². The normalized spacial score (nSPS) is 10.3. The van der Waals surface area contributed by atoms with E-state index in [2.05, 4.69) is 10.5 Å². The van der Waals surface area contributed by atoms with Gasteiger partial charge in [-0.05, 0) is 12.1 Å². The van der Waals surface area contributed by atoms with Gasteiger partial charge in [0.15, 0.2) is 0 Å². The average molecular weight is 150 g/mol. The van der Waals surface area contributed by atoms with Crippen molar-refractivity contribution in [1.82, 2.24) is 0 Å². The molecule has 3 nitrogen and oxygen atoms in total. The number of aliphatic hydroxyl groups is 1. The van der Waals surface area contributed by atoms with E-state index >= 15 is 0 Å². The van der Waals surface area contributed by atoms with Gasteiger partial charge in [0.25, 0.3) is 0 Å². The van der Waals surface area contributed by atoms with E-state index in [-0.39, 0.29) is 6.61 Å². The van der Waals surface area contributed by atoms with Crippen LogP contribution in [0.15, 0.2) is 35.4 Å². The molecule has 0 aliphatic carbocycles. The van der Waals surface area contributed by atoms with Crippen LogP contribution in [0.5, 0.6) is 0 Å². The molecule has 1 aromatic rings. The molecule has 11 heavy (non-hydrogen) atoms. The summed E-state index contributed by atoms with van der Waals surface area (Å²) in [6.45, 7) is -0.0418. The third-order valence-electron chi connectivity index (χ3n) is 1.14. The number of nitrogens with zero attached hydrogens (tertiary/aromatic N) is 1. The zero-order valence-corrected chi connectivity index (χ0v) is 6.07. The van der Waals surface area contributed by atoms with Crippen LogP contribution < -0.4 is 5.43 Å². The maximum Gasteiger partial charge on any atom is 0.0801 e. The van der Waals surface area contributed by atoms with E-state index in [9.17, 15) is 0 Å². The van der Waals surface area contributed by atoms with Crippen molar-refractivity contribution in [1.29, 1.82) is 0 Å². The van der Waals surface area contributed by atoms with Gasteiger partial charge in [0.2, 0.25) is 0 Å². The summed E-state index contributed by atoms with van der Waals surface area (Å²) in [7, 11) is 0. The van der Waals surface area contributed by atoms with Crippen molar-refractivity contribution in [2.45, 2.75) is 0 Å². The minimum Gasteiger partial charge on any atom is -0.391 e. The Balaban J connectivity index is 2.45. The van der Waals surface area contributed by atoms with Crippen LogP contribution in [-0.2, 0) is 0 Å². The molecule has 0 spiro atoms. The van der Waals surface area contributed by atoms with Crippen LogP contribution in [0.2, 0.25) is 0 Å². The summed E-state index contributed by atoms with van der Waals surface area (Å²) in [6, 6.07) is 9.55. The molecule has 0 unspecified atom stereocenters. The van der Waals surface area contributed by atoms with Gasteiger partial charge in [0.05, 0.1) is 18.5 Å². The van der Waals surface area contributed by atoms with E-state index in [1.165, 1.54) is 6.21 Å². The van der Waals surface area contributed by atoms with E-state index in [4.69, 9.17) is 5.11 Å². The first-order chi connectivity index (χ1) is 5.43. The maximum atomic E-state index is 8.35. The largest absolute Gasteiger partial charge is 0.391 e. The topological polar surface area (TPSA) is 44.6 Å². The molecule has 0 radical (unpaired) electrons. The second kappa shape index (κ2) is 4.46. The number of hydrogen-bond donors (Lipinski definition) is 2. The third-order valence-corrected chi connectivity index (χ3v) is 1.14. The van der Waals surface area contributed by atoms with Crippen LogP contribution in [0.4, 0.5) is 5.69 Å². The van der Waals surface area contributed by atoms with Gasteiger partial charge in [-0.2, -0.15) is 5.10 Å². The van der Waals surface area contributed by atoms with Crippen LogP contribution in [0, 0.1) is 0 Å². The van der Waals surface area contributed by atoms with Crippen LogP contribution in [0.25, 0.3) is 0 Å².